The van der Waals surface area contributed by atoms with Gasteiger partial charge in [-0.05, 0) is 67.2 Å². The number of aliphatic hydroxyl groups excluding tert-OH is 1. The van der Waals surface area contributed by atoms with E-state index in [4.69, 9.17) is 0 Å². The van der Waals surface area contributed by atoms with E-state index in [1.54, 1.807) is 11.3 Å². The van der Waals surface area contributed by atoms with Gasteiger partial charge in [-0.25, -0.2) is 0 Å². The Bertz CT molecular complexity index is 385. The highest BCUT2D eigenvalue weighted by atomic mass is 79.9. The molecule has 0 aromatic carbocycles. The Morgan fingerprint density at radius 1 is 1.39 bits per heavy atom. The first kappa shape index (κ1) is 14.5. The van der Waals surface area contributed by atoms with Crippen LogP contribution < -0.4 is 0 Å². The van der Waals surface area contributed by atoms with Crippen molar-refractivity contribution in [2.75, 3.05) is 13.1 Å². The van der Waals surface area contributed by atoms with Crippen LogP contribution >= 0.6 is 27.3 Å². The average Bonchev–Trinajstić information content (AvgIpc) is 2.76. The zero-order valence-corrected chi connectivity index (χ0v) is 13.6. The van der Waals surface area contributed by atoms with Crippen LogP contribution in [0.15, 0.2) is 15.9 Å². The monoisotopic (exact) mass is 331 g/mol. The fraction of sp³-hybridized carbons (Fsp3) is 0.714. The molecule has 1 N–H and O–H groups in total. The van der Waals surface area contributed by atoms with Crippen LogP contribution in [0, 0.1) is 0 Å². The van der Waals surface area contributed by atoms with Crippen molar-refractivity contribution in [1.82, 2.24) is 4.90 Å². The highest BCUT2D eigenvalue weighted by Crippen LogP contribution is 2.30. The quantitative estimate of drug-likeness (QED) is 0.909. The molecule has 102 valence electrons. The molecule has 4 heteroatoms. The summed E-state index contributed by atoms with van der Waals surface area (Å²) in [4.78, 5) is 3.69. The third kappa shape index (κ3) is 3.16. The van der Waals surface area contributed by atoms with Gasteiger partial charge in [-0.1, -0.05) is 6.42 Å². The molecule has 0 bridgehead atoms. The van der Waals surface area contributed by atoms with Crippen LogP contribution in [0.3, 0.4) is 0 Å². The van der Waals surface area contributed by atoms with Crippen molar-refractivity contribution in [2.24, 2.45) is 0 Å². The summed E-state index contributed by atoms with van der Waals surface area (Å²) in [6.45, 7) is 6.58. The summed E-state index contributed by atoms with van der Waals surface area (Å²) < 4.78 is 1.13. The maximum atomic E-state index is 10.6. The summed E-state index contributed by atoms with van der Waals surface area (Å²) in [6.07, 6.45) is 4.28. The molecule has 1 aromatic heterocycles. The van der Waals surface area contributed by atoms with Crippen LogP contribution in [0.5, 0.6) is 0 Å². The van der Waals surface area contributed by atoms with Crippen LogP contribution in [-0.2, 0) is 6.42 Å². The molecule has 18 heavy (non-hydrogen) atoms. The van der Waals surface area contributed by atoms with E-state index in [0.717, 1.165) is 24.0 Å². The number of hydrogen-bond donors (Lipinski definition) is 1. The lowest BCUT2D eigenvalue weighted by Crippen LogP contribution is -2.54. The second-order valence-corrected chi connectivity index (χ2v) is 7.47. The zero-order chi connectivity index (χ0) is 13.2. The number of thiophene rings is 1. The number of piperidine rings is 1. The summed E-state index contributed by atoms with van der Waals surface area (Å²) >= 11 is 5.26. The first-order valence-electron chi connectivity index (χ1n) is 6.67. The van der Waals surface area contributed by atoms with Gasteiger partial charge in [0, 0.05) is 21.3 Å². The molecule has 1 fully saturated rings. The molecule has 0 aliphatic carbocycles. The van der Waals surface area contributed by atoms with Gasteiger partial charge in [-0.3, -0.25) is 4.90 Å². The highest BCUT2D eigenvalue weighted by molar-refractivity contribution is 9.10. The second-order valence-electron chi connectivity index (χ2n) is 5.61. The Balaban J connectivity index is 2.02. The summed E-state index contributed by atoms with van der Waals surface area (Å²) in [7, 11) is 0. The standard InChI is InChI=1S/C14H22BrNOS/c1-14(2,16-7-4-3-5-8-16)13(17)10-12-11(15)6-9-18-12/h6,9,13,17H,3-5,7-8,10H2,1-2H3. The zero-order valence-electron chi connectivity index (χ0n) is 11.2. The van der Waals surface area contributed by atoms with E-state index in [2.05, 4.69) is 46.1 Å². The number of likely N-dealkylation sites (tertiary alicyclic amines) is 1. The molecule has 2 rings (SSSR count). The fourth-order valence-electron chi connectivity index (χ4n) is 2.58. The van der Waals surface area contributed by atoms with Gasteiger partial charge in [0.15, 0.2) is 0 Å². The number of nitrogens with zero attached hydrogens (tertiary/aromatic N) is 1. The lowest BCUT2D eigenvalue weighted by Gasteiger charge is -2.44. The molecule has 0 radical (unpaired) electrons. The van der Waals surface area contributed by atoms with Gasteiger partial charge < -0.3 is 5.11 Å². The van der Waals surface area contributed by atoms with Gasteiger partial charge in [-0.2, -0.15) is 0 Å². The summed E-state index contributed by atoms with van der Waals surface area (Å²) in [5.74, 6) is 0. The number of halogens is 1. The average molecular weight is 332 g/mol. The normalized spacial score (nSPS) is 20.0. The minimum absolute atomic E-state index is 0.135. The van der Waals surface area contributed by atoms with Gasteiger partial charge in [0.05, 0.1) is 6.10 Å². The van der Waals surface area contributed by atoms with Gasteiger partial charge in [0.2, 0.25) is 0 Å². The molecule has 0 amide bonds. The van der Waals surface area contributed by atoms with E-state index in [9.17, 15) is 5.11 Å². The van der Waals surface area contributed by atoms with Gasteiger partial charge in [0.25, 0.3) is 0 Å². The minimum Gasteiger partial charge on any atom is -0.391 e. The molecule has 2 heterocycles. The van der Waals surface area contributed by atoms with Crippen molar-refractivity contribution in [1.29, 1.82) is 0 Å². The van der Waals surface area contributed by atoms with Crippen molar-refractivity contribution in [3.63, 3.8) is 0 Å². The molecule has 1 atom stereocenters. The smallest absolute Gasteiger partial charge is 0.0766 e. The highest BCUT2D eigenvalue weighted by Gasteiger charge is 2.35. The molecule has 1 aromatic rings. The van der Waals surface area contributed by atoms with E-state index in [1.165, 1.54) is 24.1 Å². The third-order valence-electron chi connectivity index (χ3n) is 4.06. The van der Waals surface area contributed by atoms with Crippen LogP contribution in [0.2, 0.25) is 0 Å². The molecule has 1 saturated heterocycles. The molecular weight excluding hydrogens is 310 g/mol. The van der Waals surface area contributed by atoms with Gasteiger partial charge in [-0.15, -0.1) is 11.3 Å². The van der Waals surface area contributed by atoms with Gasteiger partial charge in [0.1, 0.15) is 0 Å². The maximum Gasteiger partial charge on any atom is 0.0766 e. The van der Waals surface area contributed by atoms with Crippen LogP contribution in [0.25, 0.3) is 0 Å². The summed E-state index contributed by atoms with van der Waals surface area (Å²) in [5.41, 5.74) is -0.135. The van der Waals surface area contributed by atoms with Crippen LogP contribution in [0.1, 0.15) is 38.0 Å². The van der Waals surface area contributed by atoms with Crippen molar-refractivity contribution < 1.29 is 5.11 Å². The lowest BCUT2D eigenvalue weighted by atomic mass is 9.90. The molecular formula is C14H22BrNOS. The van der Waals surface area contributed by atoms with E-state index in [-0.39, 0.29) is 11.6 Å². The Hall–Kier alpha value is 0.1000. The maximum absolute atomic E-state index is 10.6. The lowest BCUT2D eigenvalue weighted by molar-refractivity contribution is -0.0184. The Morgan fingerprint density at radius 3 is 2.61 bits per heavy atom. The Morgan fingerprint density at radius 2 is 2.06 bits per heavy atom. The first-order chi connectivity index (χ1) is 8.51. The van der Waals surface area contributed by atoms with E-state index < -0.39 is 0 Å². The van der Waals surface area contributed by atoms with Crippen LogP contribution in [0.4, 0.5) is 0 Å². The molecule has 0 spiro atoms. The molecule has 0 saturated carbocycles. The van der Waals surface area contributed by atoms with Crippen molar-refractivity contribution in [3.8, 4) is 0 Å². The summed E-state index contributed by atoms with van der Waals surface area (Å²) in [6, 6.07) is 2.06. The first-order valence-corrected chi connectivity index (χ1v) is 8.34. The van der Waals surface area contributed by atoms with E-state index >= 15 is 0 Å². The van der Waals surface area contributed by atoms with Crippen molar-refractivity contribution in [3.05, 3.63) is 20.8 Å². The van der Waals surface area contributed by atoms with Gasteiger partial charge >= 0.3 is 0 Å². The SMILES string of the molecule is CC(C)(C(O)Cc1sccc1Br)N1CCCCC1. The predicted molar refractivity (Wildman–Crippen MR) is 81.2 cm³/mol. The summed E-state index contributed by atoms with van der Waals surface area (Å²) in [5, 5.41) is 12.6. The number of rotatable bonds is 4. The van der Waals surface area contributed by atoms with Crippen molar-refractivity contribution >= 4 is 27.3 Å². The predicted octanol–water partition coefficient (Wildman–Crippen LogP) is 3.68. The van der Waals surface area contributed by atoms with Crippen LogP contribution in [-0.4, -0.2) is 34.7 Å². The van der Waals surface area contributed by atoms with Crippen molar-refractivity contribution in [2.45, 2.75) is 51.2 Å². The number of aliphatic hydroxyl groups is 1. The molecule has 1 aliphatic rings. The second kappa shape index (κ2) is 6.04. The fourth-order valence-corrected chi connectivity index (χ4v) is 4.13. The van der Waals surface area contributed by atoms with E-state index in [1.807, 2.05) is 0 Å². The molecule has 1 aliphatic heterocycles. The third-order valence-corrected chi connectivity index (χ3v) is 6.01. The Labute approximate surface area is 122 Å². The molecule has 2 nitrogen and oxygen atoms in total. The topological polar surface area (TPSA) is 23.5 Å². The van der Waals surface area contributed by atoms with E-state index in [0.29, 0.717) is 0 Å². The number of hydrogen-bond acceptors (Lipinski definition) is 3. The largest absolute Gasteiger partial charge is 0.391 e. The molecule has 1 unspecified atom stereocenters. The minimum atomic E-state index is -0.314. The Kier molecular flexibility index (Phi) is 4.86.